The second kappa shape index (κ2) is 8.32. The van der Waals surface area contributed by atoms with Gasteiger partial charge in [-0.05, 0) is 53.7 Å². The van der Waals surface area contributed by atoms with E-state index < -0.39 is 0 Å². The molecule has 0 atom stereocenters. The van der Waals surface area contributed by atoms with Crippen molar-refractivity contribution in [2.45, 2.75) is 19.8 Å². The van der Waals surface area contributed by atoms with Crippen molar-refractivity contribution in [1.82, 2.24) is 29.4 Å². The van der Waals surface area contributed by atoms with Crippen molar-refractivity contribution in [3.05, 3.63) is 64.5 Å². The van der Waals surface area contributed by atoms with E-state index in [0.717, 1.165) is 52.0 Å². The lowest BCUT2D eigenvalue weighted by Gasteiger charge is -2.07. The standard InChI is InChI=1S/C21H17N7OS2/c1-2-4-16-19(31-27-23-16)21(29)22-14-8-6-13(7-9-14)15-10-11-18-24-25-20(28(18)26-15)17-5-3-12-30-17/h3,5-12H,2,4H2,1H3,(H,22,29). The van der Waals surface area contributed by atoms with Gasteiger partial charge in [-0.1, -0.05) is 36.0 Å². The number of benzene rings is 1. The van der Waals surface area contributed by atoms with Crippen LogP contribution in [0.5, 0.6) is 0 Å². The summed E-state index contributed by atoms with van der Waals surface area (Å²) in [5.74, 6) is 0.535. The number of fused-ring (bicyclic) bond motifs is 1. The first-order valence-electron chi connectivity index (χ1n) is 9.72. The van der Waals surface area contributed by atoms with Crippen LogP contribution in [-0.2, 0) is 6.42 Å². The fourth-order valence-corrected chi connectivity index (χ4v) is 4.49. The van der Waals surface area contributed by atoms with Crippen molar-refractivity contribution in [3.8, 4) is 22.0 Å². The lowest BCUT2D eigenvalue weighted by molar-refractivity contribution is 0.102. The molecular formula is C21H17N7OS2. The lowest BCUT2D eigenvalue weighted by atomic mass is 10.1. The van der Waals surface area contributed by atoms with Crippen LogP contribution >= 0.6 is 22.9 Å². The summed E-state index contributed by atoms with van der Waals surface area (Å²) in [6.45, 7) is 2.05. The zero-order valence-corrected chi connectivity index (χ0v) is 18.2. The molecule has 31 heavy (non-hydrogen) atoms. The second-order valence-electron chi connectivity index (χ2n) is 6.82. The first-order valence-corrected chi connectivity index (χ1v) is 11.4. The number of amides is 1. The average molecular weight is 448 g/mol. The van der Waals surface area contributed by atoms with E-state index in [1.54, 1.807) is 15.9 Å². The van der Waals surface area contributed by atoms with Gasteiger partial charge in [-0.25, -0.2) is 0 Å². The summed E-state index contributed by atoms with van der Waals surface area (Å²) in [7, 11) is 0. The monoisotopic (exact) mass is 447 g/mol. The molecule has 0 saturated heterocycles. The Morgan fingerprint density at radius 2 is 1.94 bits per heavy atom. The van der Waals surface area contributed by atoms with Crippen LogP contribution < -0.4 is 5.32 Å². The molecule has 0 aliphatic rings. The van der Waals surface area contributed by atoms with Gasteiger partial charge in [0, 0.05) is 11.3 Å². The van der Waals surface area contributed by atoms with Gasteiger partial charge >= 0.3 is 0 Å². The fourth-order valence-electron chi connectivity index (χ4n) is 3.20. The van der Waals surface area contributed by atoms with Gasteiger partial charge in [0.05, 0.1) is 16.3 Å². The molecule has 0 fully saturated rings. The van der Waals surface area contributed by atoms with Crippen LogP contribution in [0.4, 0.5) is 5.69 Å². The summed E-state index contributed by atoms with van der Waals surface area (Å²) in [6, 6.07) is 15.4. The normalized spacial score (nSPS) is 11.1. The molecule has 0 radical (unpaired) electrons. The Hall–Kier alpha value is -3.50. The van der Waals surface area contributed by atoms with Crippen LogP contribution in [0, 0.1) is 0 Å². The molecule has 1 amide bonds. The molecular weight excluding hydrogens is 430 g/mol. The zero-order chi connectivity index (χ0) is 21.2. The van der Waals surface area contributed by atoms with Crippen molar-refractivity contribution in [3.63, 3.8) is 0 Å². The minimum atomic E-state index is -0.184. The summed E-state index contributed by atoms with van der Waals surface area (Å²) in [5.41, 5.74) is 3.86. The average Bonchev–Trinajstić information content (AvgIpc) is 3.54. The first kappa shape index (κ1) is 19.5. The Bertz CT molecular complexity index is 1340. The zero-order valence-electron chi connectivity index (χ0n) is 16.5. The molecule has 0 saturated carbocycles. The van der Waals surface area contributed by atoms with Crippen molar-refractivity contribution in [2.24, 2.45) is 0 Å². The maximum absolute atomic E-state index is 12.6. The number of thiophene rings is 1. The molecule has 0 aliphatic heterocycles. The van der Waals surface area contributed by atoms with Gasteiger partial charge < -0.3 is 5.32 Å². The van der Waals surface area contributed by atoms with Gasteiger partial charge in [-0.15, -0.1) is 26.6 Å². The molecule has 0 spiro atoms. The van der Waals surface area contributed by atoms with E-state index in [2.05, 4.69) is 25.1 Å². The quantitative estimate of drug-likeness (QED) is 0.409. The van der Waals surface area contributed by atoms with E-state index in [9.17, 15) is 4.79 Å². The largest absolute Gasteiger partial charge is 0.321 e. The molecule has 4 aromatic heterocycles. The maximum atomic E-state index is 12.6. The number of anilines is 1. The Morgan fingerprint density at radius 3 is 2.71 bits per heavy atom. The topological polar surface area (TPSA) is 98.0 Å². The number of aryl methyl sites for hydroxylation is 1. The van der Waals surface area contributed by atoms with E-state index >= 15 is 0 Å². The third kappa shape index (κ3) is 3.82. The number of rotatable bonds is 6. The number of carbonyl (C=O) groups is 1. The molecule has 5 rings (SSSR count). The third-order valence-corrected chi connectivity index (χ3v) is 6.32. The maximum Gasteiger partial charge on any atom is 0.269 e. The highest BCUT2D eigenvalue weighted by atomic mass is 32.1. The van der Waals surface area contributed by atoms with Crippen LogP contribution in [0.15, 0.2) is 53.9 Å². The number of hydrogen-bond acceptors (Lipinski definition) is 8. The predicted molar refractivity (Wildman–Crippen MR) is 121 cm³/mol. The van der Waals surface area contributed by atoms with E-state index in [0.29, 0.717) is 16.2 Å². The highest BCUT2D eigenvalue weighted by Gasteiger charge is 2.16. The molecule has 0 unspecified atom stereocenters. The van der Waals surface area contributed by atoms with Crippen molar-refractivity contribution < 1.29 is 4.79 Å². The van der Waals surface area contributed by atoms with E-state index in [1.807, 2.05) is 60.8 Å². The Labute approximate surface area is 185 Å². The van der Waals surface area contributed by atoms with Gasteiger partial charge in [0.1, 0.15) is 4.88 Å². The van der Waals surface area contributed by atoms with Crippen LogP contribution in [0.2, 0.25) is 0 Å². The van der Waals surface area contributed by atoms with Crippen molar-refractivity contribution in [2.75, 3.05) is 5.32 Å². The third-order valence-electron chi connectivity index (χ3n) is 4.69. The van der Waals surface area contributed by atoms with Crippen molar-refractivity contribution in [1.29, 1.82) is 0 Å². The number of carbonyl (C=O) groups excluding carboxylic acids is 1. The number of hydrogen-bond donors (Lipinski definition) is 1. The van der Waals surface area contributed by atoms with Crippen molar-refractivity contribution >= 4 is 40.1 Å². The summed E-state index contributed by atoms with van der Waals surface area (Å²) in [4.78, 5) is 14.2. The number of nitrogens with zero attached hydrogens (tertiary/aromatic N) is 6. The van der Waals surface area contributed by atoms with E-state index in [-0.39, 0.29) is 5.91 Å². The number of nitrogens with one attached hydrogen (secondary N) is 1. The molecule has 4 heterocycles. The fraction of sp³-hybridized carbons (Fsp3) is 0.143. The van der Waals surface area contributed by atoms with Crippen LogP contribution in [0.1, 0.15) is 28.7 Å². The molecule has 8 nitrogen and oxygen atoms in total. The highest BCUT2D eigenvalue weighted by Crippen LogP contribution is 2.25. The van der Waals surface area contributed by atoms with Gasteiger partial charge in [-0.2, -0.15) is 9.61 Å². The minimum Gasteiger partial charge on any atom is -0.321 e. The predicted octanol–water partition coefficient (Wildman–Crippen LogP) is 4.58. The van der Waals surface area contributed by atoms with Crippen LogP contribution in [0.3, 0.4) is 0 Å². The summed E-state index contributed by atoms with van der Waals surface area (Å²) in [5, 5.41) is 22.2. The molecule has 0 bridgehead atoms. The van der Waals surface area contributed by atoms with Gasteiger partial charge in [0.15, 0.2) is 11.5 Å². The van der Waals surface area contributed by atoms with Crippen LogP contribution in [-0.4, -0.2) is 35.3 Å². The molecule has 5 aromatic rings. The van der Waals surface area contributed by atoms with Gasteiger partial charge in [0.2, 0.25) is 0 Å². The molecule has 154 valence electrons. The molecule has 1 N–H and O–H groups in total. The first-order chi connectivity index (χ1) is 15.2. The SMILES string of the molecule is CCCc1nnsc1C(=O)Nc1ccc(-c2ccc3nnc(-c4cccs4)n3n2)cc1. The molecule has 0 aliphatic carbocycles. The van der Waals surface area contributed by atoms with Crippen LogP contribution in [0.25, 0.3) is 27.6 Å². The molecule has 1 aromatic carbocycles. The smallest absolute Gasteiger partial charge is 0.269 e. The summed E-state index contributed by atoms with van der Waals surface area (Å²) in [6.07, 6.45) is 1.65. The van der Waals surface area contributed by atoms with E-state index in [4.69, 9.17) is 5.10 Å². The van der Waals surface area contributed by atoms with Gasteiger partial charge in [-0.3, -0.25) is 4.79 Å². The number of aromatic nitrogens is 6. The second-order valence-corrected chi connectivity index (χ2v) is 8.52. The van der Waals surface area contributed by atoms with E-state index in [1.165, 1.54) is 0 Å². The van der Waals surface area contributed by atoms with Gasteiger partial charge in [0.25, 0.3) is 5.91 Å². The Balaban J connectivity index is 1.38. The minimum absolute atomic E-state index is 0.184. The summed E-state index contributed by atoms with van der Waals surface area (Å²) >= 11 is 2.72. The highest BCUT2D eigenvalue weighted by molar-refractivity contribution is 7.13. The Morgan fingerprint density at radius 1 is 1.06 bits per heavy atom. The Kier molecular flexibility index (Phi) is 5.23. The molecule has 10 heteroatoms. The summed E-state index contributed by atoms with van der Waals surface area (Å²) < 4.78 is 5.67. The lowest BCUT2D eigenvalue weighted by Crippen LogP contribution is -2.12.